The predicted octanol–water partition coefficient (Wildman–Crippen LogP) is 5.04. The molecule has 0 aliphatic rings. The molecule has 0 saturated carbocycles. The maximum atomic E-state index is 12.4. The quantitative estimate of drug-likeness (QED) is 0.488. The number of ether oxygens (including phenoxy) is 1. The average Bonchev–Trinajstić information content (AvgIpc) is 3.19. The molecule has 0 aliphatic heterocycles. The highest BCUT2D eigenvalue weighted by Crippen LogP contribution is 2.16. The second kappa shape index (κ2) is 10.4. The van der Waals surface area contributed by atoms with E-state index in [4.69, 9.17) is 9.15 Å². The molecular weight excluding hydrogens is 366 g/mol. The van der Waals surface area contributed by atoms with E-state index >= 15 is 0 Å². The van der Waals surface area contributed by atoms with Gasteiger partial charge in [-0.05, 0) is 48.2 Å². The van der Waals surface area contributed by atoms with Crippen LogP contribution in [0.3, 0.4) is 0 Å². The molecule has 0 bridgehead atoms. The van der Waals surface area contributed by atoms with Crippen LogP contribution in [0.4, 0.5) is 6.01 Å². The Labute approximate surface area is 171 Å². The summed E-state index contributed by atoms with van der Waals surface area (Å²) in [7, 11) is 0. The van der Waals surface area contributed by atoms with Crippen LogP contribution >= 0.6 is 0 Å². The van der Waals surface area contributed by atoms with Crippen LogP contribution in [0, 0.1) is 0 Å². The minimum Gasteiger partial charge on any atom is -0.494 e. The smallest absolute Gasteiger partial charge is 0.322 e. The van der Waals surface area contributed by atoms with Gasteiger partial charge in [-0.1, -0.05) is 56.1 Å². The van der Waals surface area contributed by atoms with Gasteiger partial charge in [0.25, 0.3) is 5.91 Å². The number of hydrogen-bond acceptors (Lipinski definition) is 5. The third-order valence-corrected chi connectivity index (χ3v) is 4.61. The minimum atomic E-state index is -0.301. The molecule has 2 aromatic carbocycles. The van der Waals surface area contributed by atoms with Gasteiger partial charge in [-0.15, -0.1) is 5.10 Å². The maximum Gasteiger partial charge on any atom is 0.322 e. The highest BCUT2D eigenvalue weighted by atomic mass is 16.5. The number of unbranched alkanes of at least 4 members (excludes halogenated alkanes) is 2. The molecular formula is C23H27N3O3. The van der Waals surface area contributed by atoms with Crippen molar-refractivity contribution in [2.75, 3.05) is 11.9 Å². The largest absolute Gasteiger partial charge is 0.494 e. The van der Waals surface area contributed by atoms with Gasteiger partial charge >= 0.3 is 6.01 Å². The van der Waals surface area contributed by atoms with E-state index in [0.29, 0.717) is 24.5 Å². The zero-order chi connectivity index (χ0) is 20.5. The number of anilines is 1. The standard InChI is InChI=1S/C23H27N3O3/c1-3-5-6-15-28-20-13-11-19(12-14-20)22(27)24-23-26-25-21(29-23)16-18-9-7-17(4-2)8-10-18/h7-14H,3-6,15-16H2,1-2H3,(H,24,26,27). The fourth-order valence-corrected chi connectivity index (χ4v) is 2.86. The number of nitrogens with one attached hydrogen (secondary N) is 1. The van der Waals surface area contributed by atoms with Crippen molar-refractivity contribution in [1.29, 1.82) is 0 Å². The van der Waals surface area contributed by atoms with E-state index in [9.17, 15) is 4.79 Å². The Hall–Kier alpha value is -3.15. The van der Waals surface area contributed by atoms with Crippen LogP contribution in [-0.4, -0.2) is 22.7 Å². The predicted molar refractivity (Wildman–Crippen MR) is 112 cm³/mol. The Morgan fingerprint density at radius 1 is 0.966 bits per heavy atom. The molecule has 6 heteroatoms. The van der Waals surface area contributed by atoms with Crippen LogP contribution in [0.1, 0.15) is 60.5 Å². The van der Waals surface area contributed by atoms with Crippen LogP contribution in [0.15, 0.2) is 52.9 Å². The van der Waals surface area contributed by atoms with Crippen molar-refractivity contribution in [3.05, 3.63) is 71.1 Å². The Morgan fingerprint density at radius 3 is 2.38 bits per heavy atom. The first-order chi connectivity index (χ1) is 14.2. The molecule has 6 nitrogen and oxygen atoms in total. The number of hydrogen-bond donors (Lipinski definition) is 1. The molecule has 0 fully saturated rings. The molecule has 0 atom stereocenters. The SMILES string of the molecule is CCCCCOc1ccc(C(=O)Nc2nnc(Cc3ccc(CC)cc3)o2)cc1. The number of nitrogens with zero attached hydrogens (tertiary/aromatic N) is 2. The zero-order valence-corrected chi connectivity index (χ0v) is 17.0. The number of aromatic nitrogens is 2. The molecule has 1 aromatic heterocycles. The first-order valence-corrected chi connectivity index (χ1v) is 10.1. The van der Waals surface area contributed by atoms with Crippen LogP contribution in [0.25, 0.3) is 0 Å². The van der Waals surface area contributed by atoms with Crippen molar-refractivity contribution >= 4 is 11.9 Å². The molecule has 1 amide bonds. The summed E-state index contributed by atoms with van der Waals surface area (Å²) in [6.45, 7) is 4.96. The second-order valence-electron chi connectivity index (χ2n) is 6.88. The Morgan fingerprint density at radius 2 is 1.69 bits per heavy atom. The van der Waals surface area contributed by atoms with Gasteiger partial charge in [0, 0.05) is 5.56 Å². The molecule has 152 valence electrons. The molecule has 3 aromatic rings. The Balaban J connectivity index is 1.52. The van der Waals surface area contributed by atoms with Crippen LogP contribution in [0.2, 0.25) is 0 Å². The third-order valence-electron chi connectivity index (χ3n) is 4.61. The lowest BCUT2D eigenvalue weighted by Crippen LogP contribution is -2.12. The van der Waals surface area contributed by atoms with Crippen molar-refractivity contribution in [3.63, 3.8) is 0 Å². The molecule has 0 unspecified atom stereocenters. The van der Waals surface area contributed by atoms with Gasteiger partial charge in [-0.2, -0.15) is 0 Å². The number of carbonyl (C=O) groups excluding carboxylic acids is 1. The summed E-state index contributed by atoms with van der Waals surface area (Å²) in [5.41, 5.74) is 2.86. The average molecular weight is 393 g/mol. The summed E-state index contributed by atoms with van der Waals surface area (Å²) in [6.07, 6.45) is 4.86. The molecule has 0 radical (unpaired) electrons. The topological polar surface area (TPSA) is 77.2 Å². The van der Waals surface area contributed by atoms with Crippen molar-refractivity contribution in [3.8, 4) is 5.75 Å². The number of benzene rings is 2. The summed E-state index contributed by atoms with van der Waals surface area (Å²) < 4.78 is 11.2. The van der Waals surface area contributed by atoms with Gasteiger partial charge in [0.15, 0.2) is 0 Å². The van der Waals surface area contributed by atoms with Gasteiger partial charge < -0.3 is 9.15 Å². The van der Waals surface area contributed by atoms with Gasteiger partial charge in [-0.3, -0.25) is 10.1 Å². The first-order valence-electron chi connectivity index (χ1n) is 10.1. The van der Waals surface area contributed by atoms with E-state index in [2.05, 4.69) is 41.5 Å². The molecule has 1 N–H and O–H groups in total. The van der Waals surface area contributed by atoms with Crippen molar-refractivity contribution < 1.29 is 13.9 Å². The highest BCUT2D eigenvalue weighted by molar-refractivity contribution is 6.03. The van der Waals surface area contributed by atoms with E-state index < -0.39 is 0 Å². The van der Waals surface area contributed by atoms with Crippen molar-refractivity contribution in [2.45, 2.75) is 46.0 Å². The second-order valence-corrected chi connectivity index (χ2v) is 6.88. The van der Waals surface area contributed by atoms with Crippen molar-refractivity contribution in [1.82, 2.24) is 10.2 Å². The van der Waals surface area contributed by atoms with E-state index in [0.717, 1.165) is 37.0 Å². The number of aryl methyl sites for hydroxylation is 1. The first kappa shape index (κ1) is 20.6. The third kappa shape index (κ3) is 6.17. The zero-order valence-electron chi connectivity index (χ0n) is 17.0. The summed E-state index contributed by atoms with van der Waals surface area (Å²) in [6, 6.07) is 15.4. The van der Waals surface area contributed by atoms with E-state index in [-0.39, 0.29) is 11.9 Å². The van der Waals surface area contributed by atoms with Gasteiger partial charge in [0.2, 0.25) is 5.89 Å². The summed E-state index contributed by atoms with van der Waals surface area (Å²) >= 11 is 0. The number of rotatable bonds is 10. The molecule has 29 heavy (non-hydrogen) atoms. The van der Waals surface area contributed by atoms with E-state index in [1.54, 1.807) is 24.3 Å². The van der Waals surface area contributed by atoms with E-state index in [1.807, 2.05) is 12.1 Å². The fourth-order valence-electron chi connectivity index (χ4n) is 2.86. The normalized spacial score (nSPS) is 10.7. The Kier molecular flexibility index (Phi) is 7.39. The lowest BCUT2D eigenvalue weighted by molar-refractivity contribution is 0.102. The molecule has 3 rings (SSSR count). The molecule has 1 heterocycles. The van der Waals surface area contributed by atoms with E-state index in [1.165, 1.54) is 5.56 Å². The van der Waals surface area contributed by atoms with Crippen LogP contribution < -0.4 is 10.1 Å². The van der Waals surface area contributed by atoms with Gasteiger partial charge in [-0.25, -0.2) is 0 Å². The van der Waals surface area contributed by atoms with Crippen molar-refractivity contribution in [2.24, 2.45) is 0 Å². The maximum absolute atomic E-state index is 12.4. The summed E-state index contributed by atoms with van der Waals surface area (Å²) in [4.78, 5) is 12.4. The molecule has 0 spiro atoms. The molecule has 0 aliphatic carbocycles. The minimum absolute atomic E-state index is 0.0927. The molecule has 0 saturated heterocycles. The number of amides is 1. The van der Waals surface area contributed by atoms with Crippen LogP contribution in [-0.2, 0) is 12.8 Å². The van der Waals surface area contributed by atoms with Gasteiger partial charge in [0.1, 0.15) is 5.75 Å². The number of carbonyl (C=O) groups is 1. The van der Waals surface area contributed by atoms with Gasteiger partial charge in [0.05, 0.1) is 13.0 Å². The summed E-state index contributed by atoms with van der Waals surface area (Å²) in [5, 5.41) is 10.6. The van der Waals surface area contributed by atoms with Crippen LogP contribution in [0.5, 0.6) is 5.75 Å². The lowest BCUT2D eigenvalue weighted by Gasteiger charge is -2.06. The lowest BCUT2D eigenvalue weighted by atomic mass is 10.1. The summed E-state index contributed by atoms with van der Waals surface area (Å²) in [5.74, 6) is 0.914. The Bertz CT molecular complexity index is 902. The highest BCUT2D eigenvalue weighted by Gasteiger charge is 2.12. The fraction of sp³-hybridized carbons (Fsp3) is 0.348. The monoisotopic (exact) mass is 393 g/mol.